The van der Waals surface area contributed by atoms with Crippen molar-refractivity contribution in [2.24, 2.45) is 0 Å². The zero-order valence-electron chi connectivity index (χ0n) is 11.8. The van der Waals surface area contributed by atoms with E-state index in [1.165, 1.54) is 10.8 Å². The Labute approximate surface area is 120 Å². The maximum Gasteiger partial charge on any atom is 1.00 e. The second-order valence-electron chi connectivity index (χ2n) is 5.33. The van der Waals surface area contributed by atoms with Crippen LogP contribution in [0.5, 0.6) is 6.01 Å². The quantitative estimate of drug-likeness (QED) is 0.452. The van der Waals surface area contributed by atoms with E-state index in [2.05, 4.69) is 24.6 Å². The molecule has 18 heavy (non-hydrogen) atoms. The van der Waals surface area contributed by atoms with E-state index in [4.69, 9.17) is 4.74 Å². The minimum atomic E-state index is -1.11. The van der Waals surface area contributed by atoms with Gasteiger partial charge in [-0.25, -0.2) is 4.98 Å². The number of hydrogen-bond acceptors (Lipinski definition) is 4. The fourth-order valence-electron chi connectivity index (χ4n) is 1.22. The molecule has 0 radical (unpaired) electrons. The molecule has 0 aliphatic rings. The topological polar surface area (TPSA) is 67.2 Å². The van der Waals surface area contributed by atoms with Crippen molar-refractivity contribution in [2.45, 2.75) is 39.3 Å². The Balaban J connectivity index is 0.00000289. The third kappa shape index (κ3) is 5.87. The van der Waals surface area contributed by atoms with Crippen LogP contribution < -0.4 is 29.5 Å². The number of nitrogens with zero attached hydrogens (tertiary/aromatic N) is 2. The Hall–Kier alpha value is -0.546. The maximum atomic E-state index is 11.4. The van der Waals surface area contributed by atoms with Gasteiger partial charge >= 0.3 is 18.9 Å². The summed E-state index contributed by atoms with van der Waals surface area (Å²) in [7, 11) is -1.11. The van der Waals surface area contributed by atoms with Gasteiger partial charge in [0.2, 0.25) is 0 Å². The summed E-state index contributed by atoms with van der Waals surface area (Å²) in [5.41, 5.74) is -0.00764. The summed E-state index contributed by atoms with van der Waals surface area (Å²) in [6.07, 6.45) is 1.49. The van der Waals surface area contributed by atoms with Gasteiger partial charge in [0.25, 0.3) is 5.56 Å². The molecule has 96 valence electrons. The monoisotopic (exact) mass is 262 g/mol. The van der Waals surface area contributed by atoms with E-state index >= 15 is 0 Å². The SMILES string of the molecule is Cc1cn(COCC[Si](C)(C)C)c([O-])nc1=O.[Li+]. The van der Waals surface area contributed by atoms with Gasteiger partial charge in [-0.1, -0.05) is 19.6 Å². The Morgan fingerprint density at radius 2 is 2.06 bits per heavy atom. The van der Waals surface area contributed by atoms with Crippen LogP contribution in [0.15, 0.2) is 11.0 Å². The molecule has 0 aliphatic heterocycles. The van der Waals surface area contributed by atoms with Crippen LogP contribution in [0, 0.1) is 6.92 Å². The Bertz CT molecular complexity index is 443. The van der Waals surface area contributed by atoms with Crippen LogP contribution in [-0.2, 0) is 11.5 Å². The van der Waals surface area contributed by atoms with Gasteiger partial charge in [-0.05, 0) is 13.0 Å². The normalized spacial score (nSPS) is 11.1. The number of aryl methyl sites for hydroxylation is 1. The van der Waals surface area contributed by atoms with Crippen molar-refractivity contribution in [2.75, 3.05) is 6.61 Å². The zero-order chi connectivity index (χ0) is 13.1. The minimum absolute atomic E-state index is 0. The summed E-state index contributed by atoms with van der Waals surface area (Å²) < 4.78 is 6.75. The molecule has 0 saturated carbocycles. The molecule has 1 rings (SSSR count). The van der Waals surface area contributed by atoms with E-state index in [-0.39, 0.29) is 25.6 Å². The van der Waals surface area contributed by atoms with Crippen LogP contribution in [0.25, 0.3) is 0 Å². The second kappa shape index (κ2) is 7.14. The molecule has 0 fully saturated rings. The molecule has 0 aliphatic carbocycles. The summed E-state index contributed by atoms with van der Waals surface area (Å²) >= 11 is 0. The van der Waals surface area contributed by atoms with Gasteiger partial charge in [0.05, 0.1) is 6.01 Å². The first kappa shape index (κ1) is 17.5. The third-order valence-electron chi connectivity index (χ3n) is 2.36. The molecule has 0 atom stereocenters. The largest absolute Gasteiger partial charge is 1.00 e. The summed E-state index contributed by atoms with van der Waals surface area (Å²) in [5.74, 6) is 0. The summed E-state index contributed by atoms with van der Waals surface area (Å²) in [4.78, 5) is 14.5. The fraction of sp³-hybridized carbons (Fsp3) is 0.636. The molecule has 0 N–H and O–H groups in total. The molecular formula is C11H19LiN2O3Si. The molecule has 0 spiro atoms. The van der Waals surface area contributed by atoms with Gasteiger partial charge < -0.3 is 14.4 Å². The van der Waals surface area contributed by atoms with Gasteiger partial charge in [0.15, 0.2) is 0 Å². The van der Waals surface area contributed by atoms with Crippen LogP contribution in [0.3, 0.4) is 0 Å². The first-order valence-electron chi connectivity index (χ1n) is 5.62. The number of hydrogen-bond donors (Lipinski definition) is 0. The first-order valence-corrected chi connectivity index (χ1v) is 9.33. The number of ether oxygens (including phenoxy) is 1. The van der Waals surface area contributed by atoms with Gasteiger partial charge in [-0.3, -0.25) is 4.79 Å². The van der Waals surface area contributed by atoms with Crippen LogP contribution in [0.4, 0.5) is 0 Å². The van der Waals surface area contributed by atoms with E-state index in [1.54, 1.807) is 6.92 Å². The number of aromatic nitrogens is 2. The van der Waals surface area contributed by atoms with Gasteiger partial charge in [-0.15, -0.1) is 0 Å². The molecule has 1 aromatic heterocycles. The van der Waals surface area contributed by atoms with Crippen LogP contribution in [0.1, 0.15) is 5.56 Å². The summed E-state index contributed by atoms with van der Waals surface area (Å²) in [5, 5.41) is 11.4. The predicted octanol–water partition coefficient (Wildman–Crippen LogP) is -2.06. The zero-order valence-corrected chi connectivity index (χ0v) is 12.8. The molecule has 1 heterocycles. The summed E-state index contributed by atoms with van der Waals surface area (Å²) in [6, 6.07) is 0.502. The second-order valence-corrected chi connectivity index (χ2v) is 11.0. The Morgan fingerprint density at radius 3 is 2.61 bits per heavy atom. The van der Waals surface area contributed by atoms with Crippen molar-refractivity contribution in [3.63, 3.8) is 0 Å². The molecule has 0 bridgehead atoms. The summed E-state index contributed by atoms with van der Waals surface area (Å²) in [6.45, 7) is 9.23. The Kier molecular flexibility index (Phi) is 6.93. The average Bonchev–Trinajstić information content (AvgIpc) is 2.18. The average molecular weight is 262 g/mol. The Morgan fingerprint density at radius 1 is 1.44 bits per heavy atom. The van der Waals surface area contributed by atoms with Crippen molar-refractivity contribution in [1.29, 1.82) is 0 Å². The van der Waals surface area contributed by atoms with Crippen molar-refractivity contribution in [3.05, 3.63) is 22.1 Å². The molecule has 1 aromatic rings. The van der Waals surface area contributed by atoms with Gasteiger partial charge in [0, 0.05) is 26.4 Å². The van der Waals surface area contributed by atoms with Gasteiger partial charge in [0.1, 0.15) is 6.73 Å². The van der Waals surface area contributed by atoms with Gasteiger partial charge in [-0.2, -0.15) is 0 Å². The van der Waals surface area contributed by atoms with Crippen molar-refractivity contribution >= 4 is 8.07 Å². The van der Waals surface area contributed by atoms with Crippen LogP contribution >= 0.6 is 0 Å². The van der Waals surface area contributed by atoms with E-state index < -0.39 is 19.6 Å². The molecule has 0 amide bonds. The van der Waals surface area contributed by atoms with E-state index in [1.807, 2.05) is 0 Å². The smallest absolute Gasteiger partial charge is 0.846 e. The maximum absolute atomic E-state index is 11.4. The van der Waals surface area contributed by atoms with Crippen molar-refractivity contribution in [1.82, 2.24) is 9.55 Å². The minimum Gasteiger partial charge on any atom is -0.846 e. The molecular weight excluding hydrogens is 243 g/mol. The first-order chi connectivity index (χ1) is 7.79. The number of rotatable bonds is 5. The van der Waals surface area contributed by atoms with E-state index in [9.17, 15) is 9.90 Å². The molecule has 0 saturated heterocycles. The molecule has 7 heteroatoms. The van der Waals surface area contributed by atoms with Crippen molar-refractivity contribution < 1.29 is 28.7 Å². The van der Waals surface area contributed by atoms with E-state index in [0.29, 0.717) is 12.2 Å². The fourth-order valence-corrected chi connectivity index (χ4v) is 1.97. The van der Waals surface area contributed by atoms with Crippen molar-refractivity contribution in [3.8, 4) is 6.01 Å². The predicted molar refractivity (Wildman–Crippen MR) is 66.8 cm³/mol. The molecule has 5 nitrogen and oxygen atoms in total. The molecule has 0 unspecified atom stereocenters. The third-order valence-corrected chi connectivity index (χ3v) is 4.06. The van der Waals surface area contributed by atoms with Crippen LogP contribution in [0.2, 0.25) is 25.7 Å². The van der Waals surface area contributed by atoms with Crippen LogP contribution in [-0.4, -0.2) is 24.2 Å². The standard InChI is InChI=1S/C11H20N2O3Si.Li/c1-9-7-13(11(15)12-10(9)14)8-16-5-6-17(2,3)4;/h7H,5-6,8H2,1-4H3,(H,12,14,15);/q;+1/p-1. The van der Waals surface area contributed by atoms with E-state index in [0.717, 1.165) is 6.04 Å². The molecule has 0 aromatic carbocycles.